The predicted molar refractivity (Wildman–Crippen MR) is 63.2 cm³/mol. The summed E-state index contributed by atoms with van der Waals surface area (Å²) in [6.45, 7) is 2.70. The highest BCUT2D eigenvalue weighted by Gasteiger charge is 2.46. The lowest BCUT2D eigenvalue weighted by atomic mass is 9.73. The van der Waals surface area contributed by atoms with Crippen molar-refractivity contribution in [2.24, 2.45) is 5.41 Å². The van der Waals surface area contributed by atoms with Gasteiger partial charge in [-0.1, -0.05) is 0 Å². The molecular formula is C10H18ClNO3S. The van der Waals surface area contributed by atoms with E-state index in [1.54, 1.807) is 0 Å². The quantitative estimate of drug-likeness (QED) is 0.702. The van der Waals surface area contributed by atoms with Crippen molar-refractivity contribution in [3.63, 3.8) is 0 Å². The van der Waals surface area contributed by atoms with Crippen LogP contribution >= 0.6 is 10.7 Å². The lowest BCUT2D eigenvalue weighted by Gasteiger charge is -2.40. The van der Waals surface area contributed by atoms with E-state index in [2.05, 4.69) is 11.9 Å². The molecule has 0 amide bonds. The summed E-state index contributed by atoms with van der Waals surface area (Å²) in [5.74, 6) is -0.0434. The van der Waals surface area contributed by atoms with Crippen LogP contribution in [0.2, 0.25) is 0 Å². The van der Waals surface area contributed by atoms with Crippen LogP contribution in [-0.4, -0.2) is 51.9 Å². The SMILES string of the molecule is CN1CCC2(CCOC2CS(=O)(=O)Cl)CC1. The third-order valence-electron chi connectivity index (χ3n) is 3.94. The average Bonchev–Trinajstić information content (AvgIpc) is 2.52. The van der Waals surface area contributed by atoms with Gasteiger partial charge in [0.2, 0.25) is 9.05 Å². The van der Waals surface area contributed by atoms with Gasteiger partial charge in [-0.2, -0.15) is 0 Å². The maximum absolute atomic E-state index is 11.2. The van der Waals surface area contributed by atoms with Crippen molar-refractivity contribution in [1.82, 2.24) is 4.90 Å². The summed E-state index contributed by atoms with van der Waals surface area (Å²) in [5.41, 5.74) is 0.0501. The van der Waals surface area contributed by atoms with Crippen molar-refractivity contribution in [3.8, 4) is 0 Å². The molecule has 1 unspecified atom stereocenters. The molecule has 94 valence electrons. The fourth-order valence-electron chi connectivity index (χ4n) is 2.78. The van der Waals surface area contributed by atoms with Gasteiger partial charge in [0, 0.05) is 22.7 Å². The van der Waals surface area contributed by atoms with E-state index in [1.165, 1.54) is 0 Å². The average molecular weight is 268 g/mol. The van der Waals surface area contributed by atoms with E-state index < -0.39 is 9.05 Å². The van der Waals surface area contributed by atoms with E-state index in [-0.39, 0.29) is 17.3 Å². The number of hydrogen-bond donors (Lipinski definition) is 0. The Morgan fingerprint density at radius 3 is 2.56 bits per heavy atom. The summed E-state index contributed by atoms with van der Waals surface area (Å²) in [7, 11) is 3.96. The fourth-order valence-corrected chi connectivity index (χ4v) is 3.94. The van der Waals surface area contributed by atoms with E-state index in [0.717, 1.165) is 32.4 Å². The Morgan fingerprint density at radius 2 is 2.00 bits per heavy atom. The summed E-state index contributed by atoms with van der Waals surface area (Å²) in [6.07, 6.45) is 2.79. The third kappa shape index (κ3) is 2.70. The Kier molecular flexibility index (Phi) is 3.50. The van der Waals surface area contributed by atoms with E-state index in [1.807, 2.05) is 0 Å². The van der Waals surface area contributed by atoms with Crippen LogP contribution in [0.5, 0.6) is 0 Å². The number of ether oxygens (including phenoxy) is 1. The van der Waals surface area contributed by atoms with E-state index in [4.69, 9.17) is 15.4 Å². The van der Waals surface area contributed by atoms with Gasteiger partial charge in [0.15, 0.2) is 0 Å². The summed E-state index contributed by atoms with van der Waals surface area (Å²) in [6, 6.07) is 0. The Labute approximate surface area is 101 Å². The second-order valence-corrected chi connectivity index (χ2v) is 7.80. The van der Waals surface area contributed by atoms with Crippen LogP contribution in [0.15, 0.2) is 0 Å². The topological polar surface area (TPSA) is 46.6 Å². The highest BCUT2D eigenvalue weighted by Crippen LogP contribution is 2.44. The van der Waals surface area contributed by atoms with Crippen molar-refractivity contribution in [3.05, 3.63) is 0 Å². The Balaban J connectivity index is 2.08. The van der Waals surface area contributed by atoms with Crippen LogP contribution in [-0.2, 0) is 13.8 Å². The molecule has 4 nitrogen and oxygen atoms in total. The van der Waals surface area contributed by atoms with Crippen LogP contribution in [0.4, 0.5) is 0 Å². The normalized spacial score (nSPS) is 31.0. The molecule has 2 aliphatic heterocycles. The van der Waals surface area contributed by atoms with E-state index in [9.17, 15) is 8.42 Å². The first kappa shape index (κ1) is 12.6. The molecule has 1 spiro atoms. The largest absolute Gasteiger partial charge is 0.377 e. The number of halogens is 1. The molecule has 0 aromatic heterocycles. The molecule has 1 atom stereocenters. The predicted octanol–water partition coefficient (Wildman–Crippen LogP) is 1.06. The molecule has 2 rings (SSSR count). The number of piperidine rings is 1. The van der Waals surface area contributed by atoms with Crippen molar-refractivity contribution in [1.29, 1.82) is 0 Å². The van der Waals surface area contributed by atoms with Crippen molar-refractivity contribution < 1.29 is 13.2 Å². The zero-order valence-electron chi connectivity index (χ0n) is 9.49. The van der Waals surface area contributed by atoms with Crippen molar-refractivity contribution in [2.75, 3.05) is 32.5 Å². The molecule has 0 aromatic rings. The second-order valence-electron chi connectivity index (χ2n) is 4.98. The Hall–Kier alpha value is 0.160. The maximum Gasteiger partial charge on any atom is 0.235 e. The number of rotatable bonds is 2. The standard InChI is InChI=1S/C10H18ClNO3S/c1-12-5-2-10(3-6-12)4-7-15-9(10)8-16(11,13)14/h9H,2-8H2,1H3. The molecule has 6 heteroatoms. The lowest BCUT2D eigenvalue weighted by Crippen LogP contribution is -2.44. The van der Waals surface area contributed by atoms with Crippen molar-refractivity contribution in [2.45, 2.75) is 25.4 Å². The van der Waals surface area contributed by atoms with Crippen LogP contribution in [0.3, 0.4) is 0 Å². The van der Waals surface area contributed by atoms with Crippen LogP contribution in [0.1, 0.15) is 19.3 Å². The zero-order chi connectivity index (χ0) is 11.8. The molecule has 0 saturated carbocycles. The molecule has 0 aliphatic carbocycles. The molecule has 0 N–H and O–H groups in total. The van der Waals surface area contributed by atoms with Crippen LogP contribution < -0.4 is 0 Å². The van der Waals surface area contributed by atoms with Gasteiger partial charge < -0.3 is 9.64 Å². The van der Waals surface area contributed by atoms with Gasteiger partial charge in [0.1, 0.15) is 0 Å². The van der Waals surface area contributed by atoms with Gasteiger partial charge in [-0.3, -0.25) is 0 Å². The first-order valence-corrected chi connectivity index (χ1v) is 8.12. The highest BCUT2D eigenvalue weighted by molar-refractivity contribution is 8.13. The third-order valence-corrected chi connectivity index (χ3v) is 5.01. The van der Waals surface area contributed by atoms with Gasteiger partial charge in [-0.25, -0.2) is 8.42 Å². The number of hydrogen-bond acceptors (Lipinski definition) is 4. The molecule has 2 fully saturated rings. The highest BCUT2D eigenvalue weighted by atomic mass is 35.7. The van der Waals surface area contributed by atoms with Gasteiger partial charge >= 0.3 is 0 Å². The second kappa shape index (κ2) is 4.44. The molecular weight excluding hydrogens is 250 g/mol. The molecule has 2 heterocycles. The molecule has 0 bridgehead atoms. The monoisotopic (exact) mass is 267 g/mol. The number of nitrogens with zero attached hydrogens (tertiary/aromatic N) is 1. The molecule has 16 heavy (non-hydrogen) atoms. The van der Waals surface area contributed by atoms with E-state index >= 15 is 0 Å². The van der Waals surface area contributed by atoms with Gasteiger partial charge in [0.05, 0.1) is 11.9 Å². The van der Waals surface area contributed by atoms with E-state index in [0.29, 0.717) is 6.61 Å². The fraction of sp³-hybridized carbons (Fsp3) is 1.00. The lowest BCUT2D eigenvalue weighted by molar-refractivity contribution is 0.0283. The Morgan fingerprint density at radius 1 is 1.38 bits per heavy atom. The minimum atomic E-state index is -3.46. The molecule has 2 saturated heterocycles. The first-order chi connectivity index (χ1) is 7.41. The van der Waals surface area contributed by atoms with Crippen LogP contribution in [0, 0.1) is 5.41 Å². The summed E-state index contributed by atoms with van der Waals surface area (Å²) < 4.78 is 27.9. The smallest absolute Gasteiger partial charge is 0.235 e. The van der Waals surface area contributed by atoms with Crippen molar-refractivity contribution >= 4 is 19.7 Å². The Bertz CT molecular complexity index is 349. The molecule has 0 aromatic carbocycles. The van der Waals surface area contributed by atoms with Gasteiger partial charge in [-0.15, -0.1) is 0 Å². The minimum absolute atomic E-state index is 0.0434. The molecule has 0 radical (unpaired) electrons. The number of likely N-dealkylation sites (tertiary alicyclic amines) is 1. The van der Waals surface area contributed by atoms with Gasteiger partial charge in [0.25, 0.3) is 0 Å². The first-order valence-electron chi connectivity index (χ1n) is 5.64. The maximum atomic E-state index is 11.2. The zero-order valence-corrected chi connectivity index (χ0v) is 11.1. The summed E-state index contributed by atoms with van der Waals surface area (Å²) >= 11 is 0. The summed E-state index contributed by atoms with van der Waals surface area (Å²) in [4.78, 5) is 2.27. The van der Waals surface area contributed by atoms with Crippen LogP contribution in [0.25, 0.3) is 0 Å². The molecule has 2 aliphatic rings. The summed E-state index contributed by atoms with van der Waals surface area (Å²) in [5, 5.41) is 0. The minimum Gasteiger partial charge on any atom is -0.377 e. The van der Waals surface area contributed by atoms with Gasteiger partial charge in [-0.05, 0) is 39.4 Å².